The first kappa shape index (κ1) is 15.8. The molecule has 2 unspecified atom stereocenters. The van der Waals surface area contributed by atoms with Crippen molar-refractivity contribution in [2.45, 2.75) is 24.8 Å². The predicted octanol–water partition coefficient (Wildman–Crippen LogP) is 2.97. The van der Waals surface area contributed by atoms with E-state index in [0.29, 0.717) is 0 Å². The minimum absolute atomic E-state index is 0.284. The zero-order valence-corrected chi connectivity index (χ0v) is 14.1. The zero-order valence-electron chi connectivity index (χ0n) is 14.1. The number of hydrogen-bond donors (Lipinski definition) is 2. The number of carbonyl (C=O) groups is 1. The molecule has 25 heavy (non-hydrogen) atoms. The second-order valence-corrected chi connectivity index (χ2v) is 6.69. The van der Waals surface area contributed by atoms with Crippen LogP contribution in [0.5, 0.6) is 0 Å². The van der Waals surface area contributed by atoms with Gasteiger partial charge in [0, 0.05) is 12.5 Å². The Bertz CT molecular complexity index is 841. The van der Waals surface area contributed by atoms with Crippen molar-refractivity contribution >= 4 is 16.9 Å². The number of nitrogens with one attached hydrogen (secondary N) is 1. The molecule has 0 radical (unpaired) electrons. The summed E-state index contributed by atoms with van der Waals surface area (Å²) in [5, 5.41) is 0. The van der Waals surface area contributed by atoms with Crippen LogP contribution in [-0.2, 0) is 4.79 Å². The molecule has 0 spiro atoms. The lowest BCUT2D eigenvalue weighted by atomic mass is 9.94. The van der Waals surface area contributed by atoms with E-state index in [4.69, 9.17) is 10.7 Å². The first-order chi connectivity index (χ1) is 12.2. The van der Waals surface area contributed by atoms with Crippen LogP contribution in [0, 0.1) is 0 Å². The SMILES string of the molecule is NC(=O)C(c1ccccc1)N1CCCC(c2nc3ccccc3[nH]2)C1. The molecular formula is C20H22N4O. The smallest absolute Gasteiger partial charge is 0.239 e. The number of amides is 1. The fraction of sp³-hybridized carbons (Fsp3) is 0.300. The van der Waals surface area contributed by atoms with Crippen molar-refractivity contribution in [3.05, 3.63) is 66.0 Å². The lowest BCUT2D eigenvalue weighted by Crippen LogP contribution is -2.43. The normalized spacial score (nSPS) is 19.8. The molecule has 1 saturated heterocycles. The number of imidazole rings is 1. The van der Waals surface area contributed by atoms with E-state index in [-0.39, 0.29) is 17.9 Å². The molecule has 0 aliphatic carbocycles. The van der Waals surface area contributed by atoms with Gasteiger partial charge in [0.1, 0.15) is 11.9 Å². The van der Waals surface area contributed by atoms with E-state index < -0.39 is 0 Å². The Morgan fingerprint density at radius 2 is 1.92 bits per heavy atom. The molecule has 3 aromatic rings. The number of rotatable bonds is 4. The van der Waals surface area contributed by atoms with Crippen LogP contribution >= 0.6 is 0 Å². The number of carbonyl (C=O) groups excluding carboxylic acids is 1. The number of primary amides is 1. The molecule has 1 aromatic heterocycles. The van der Waals surface area contributed by atoms with Crippen LogP contribution in [0.4, 0.5) is 0 Å². The molecule has 0 bridgehead atoms. The molecule has 2 heterocycles. The van der Waals surface area contributed by atoms with Crippen LogP contribution in [0.2, 0.25) is 0 Å². The predicted molar refractivity (Wildman–Crippen MR) is 98.0 cm³/mol. The second kappa shape index (κ2) is 6.69. The van der Waals surface area contributed by atoms with Crippen LogP contribution in [-0.4, -0.2) is 33.9 Å². The minimum atomic E-state index is -0.381. The number of benzene rings is 2. The van der Waals surface area contributed by atoms with Crippen molar-refractivity contribution in [1.82, 2.24) is 14.9 Å². The van der Waals surface area contributed by atoms with Gasteiger partial charge < -0.3 is 10.7 Å². The third-order valence-corrected chi connectivity index (χ3v) is 5.00. The molecule has 1 fully saturated rings. The average Bonchev–Trinajstić information content (AvgIpc) is 3.07. The van der Waals surface area contributed by atoms with E-state index in [1.165, 1.54) is 0 Å². The summed E-state index contributed by atoms with van der Waals surface area (Å²) in [6.07, 6.45) is 2.09. The highest BCUT2D eigenvalue weighted by Crippen LogP contribution is 2.31. The molecule has 2 aromatic carbocycles. The Hall–Kier alpha value is -2.66. The second-order valence-electron chi connectivity index (χ2n) is 6.69. The third-order valence-electron chi connectivity index (χ3n) is 5.00. The number of hydrogen-bond acceptors (Lipinski definition) is 3. The van der Waals surface area contributed by atoms with Crippen molar-refractivity contribution < 1.29 is 4.79 Å². The highest BCUT2D eigenvalue weighted by Gasteiger charge is 2.32. The van der Waals surface area contributed by atoms with Crippen LogP contribution in [0.15, 0.2) is 54.6 Å². The van der Waals surface area contributed by atoms with Crippen LogP contribution in [0.25, 0.3) is 11.0 Å². The highest BCUT2D eigenvalue weighted by molar-refractivity contribution is 5.81. The van der Waals surface area contributed by atoms with Crippen molar-refractivity contribution in [2.75, 3.05) is 13.1 Å². The molecule has 128 valence electrons. The van der Waals surface area contributed by atoms with Gasteiger partial charge in [-0.15, -0.1) is 0 Å². The Labute approximate surface area is 146 Å². The van der Waals surface area contributed by atoms with E-state index in [0.717, 1.165) is 48.4 Å². The molecule has 3 N–H and O–H groups in total. The summed E-state index contributed by atoms with van der Waals surface area (Å²) in [5.41, 5.74) is 8.75. The maximum Gasteiger partial charge on any atom is 0.239 e. The van der Waals surface area contributed by atoms with Crippen molar-refractivity contribution in [3.63, 3.8) is 0 Å². The van der Waals surface area contributed by atoms with Gasteiger partial charge in [-0.05, 0) is 37.1 Å². The summed E-state index contributed by atoms with van der Waals surface area (Å²) in [6, 6.07) is 17.5. The van der Waals surface area contributed by atoms with Crippen molar-refractivity contribution in [1.29, 1.82) is 0 Å². The molecule has 5 nitrogen and oxygen atoms in total. The average molecular weight is 334 g/mol. The first-order valence-corrected chi connectivity index (χ1v) is 8.75. The Morgan fingerprint density at radius 1 is 1.16 bits per heavy atom. The van der Waals surface area contributed by atoms with Gasteiger partial charge in [-0.3, -0.25) is 9.69 Å². The summed E-state index contributed by atoms with van der Waals surface area (Å²) in [6.45, 7) is 1.65. The lowest BCUT2D eigenvalue weighted by molar-refractivity contribution is -0.124. The molecule has 0 saturated carbocycles. The standard InChI is InChI=1S/C20H22N4O/c21-19(25)18(14-7-2-1-3-8-14)24-12-6-9-15(13-24)20-22-16-10-4-5-11-17(16)23-20/h1-5,7-8,10-11,15,18H,6,9,12-13H2,(H2,21,25)(H,22,23). The third kappa shape index (κ3) is 3.15. The number of likely N-dealkylation sites (tertiary alicyclic amines) is 1. The summed E-state index contributed by atoms with van der Waals surface area (Å²) in [5.74, 6) is 0.991. The fourth-order valence-corrected chi connectivity index (χ4v) is 3.82. The van der Waals surface area contributed by atoms with Crippen LogP contribution in [0.3, 0.4) is 0 Å². The van der Waals surface area contributed by atoms with E-state index in [9.17, 15) is 4.79 Å². The topological polar surface area (TPSA) is 75.0 Å². The van der Waals surface area contributed by atoms with Crippen molar-refractivity contribution in [2.24, 2.45) is 5.73 Å². The number of fused-ring (bicyclic) bond motifs is 1. The maximum atomic E-state index is 12.1. The number of nitrogens with zero attached hydrogens (tertiary/aromatic N) is 2. The first-order valence-electron chi connectivity index (χ1n) is 8.75. The zero-order chi connectivity index (χ0) is 17.2. The van der Waals surface area contributed by atoms with E-state index in [1.807, 2.05) is 54.6 Å². The van der Waals surface area contributed by atoms with Gasteiger partial charge in [-0.2, -0.15) is 0 Å². The molecule has 1 amide bonds. The largest absolute Gasteiger partial charge is 0.368 e. The number of H-pyrrole nitrogens is 1. The van der Waals surface area contributed by atoms with Gasteiger partial charge >= 0.3 is 0 Å². The van der Waals surface area contributed by atoms with Gasteiger partial charge in [0.25, 0.3) is 0 Å². The summed E-state index contributed by atoms with van der Waals surface area (Å²) in [7, 11) is 0. The number of nitrogens with two attached hydrogens (primary N) is 1. The summed E-state index contributed by atoms with van der Waals surface area (Å²) in [4.78, 5) is 22.5. The molecule has 4 rings (SSSR count). The lowest BCUT2D eigenvalue weighted by Gasteiger charge is -2.36. The minimum Gasteiger partial charge on any atom is -0.368 e. The van der Waals surface area contributed by atoms with E-state index >= 15 is 0 Å². The Balaban J connectivity index is 1.60. The van der Waals surface area contributed by atoms with Gasteiger partial charge in [-0.1, -0.05) is 42.5 Å². The molecule has 1 aliphatic rings. The fourth-order valence-electron chi connectivity index (χ4n) is 3.82. The number of aromatic nitrogens is 2. The summed E-state index contributed by atoms with van der Waals surface area (Å²) >= 11 is 0. The highest BCUT2D eigenvalue weighted by atomic mass is 16.1. The van der Waals surface area contributed by atoms with Gasteiger partial charge in [-0.25, -0.2) is 4.98 Å². The Morgan fingerprint density at radius 3 is 2.68 bits per heavy atom. The quantitative estimate of drug-likeness (QED) is 0.770. The van der Waals surface area contributed by atoms with E-state index in [2.05, 4.69) is 9.88 Å². The van der Waals surface area contributed by atoms with Gasteiger partial charge in [0.05, 0.1) is 11.0 Å². The molecule has 5 heteroatoms. The number of piperidine rings is 1. The molecular weight excluding hydrogens is 312 g/mol. The Kier molecular flexibility index (Phi) is 4.24. The monoisotopic (exact) mass is 334 g/mol. The maximum absolute atomic E-state index is 12.1. The van der Waals surface area contributed by atoms with Gasteiger partial charge in [0.2, 0.25) is 5.91 Å². The van der Waals surface area contributed by atoms with Gasteiger partial charge in [0.15, 0.2) is 0 Å². The van der Waals surface area contributed by atoms with Crippen LogP contribution in [0.1, 0.15) is 36.2 Å². The van der Waals surface area contributed by atoms with E-state index in [1.54, 1.807) is 0 Å². The molecule has 2 atom stereocenters. The molecule has 1 aliphatic heterocycles. The number of aromatic amines is 1. The summed E-state index contributed by atoms with van der Waals surface area (Å²) < 4.78 is 0. The van der Waals surface area contributed by atoms with Crippen molar-refractivity contribution in [3.8, 4) is 0 Å². The number of para-hydroxylation sites is 2. The van der Waals surface area contributed by atoms with Crippen LogP contribution < -0.4 is 5.73 Å².